The number of hydrogen-bond acceptors (Lipinski definition) is 3. The van der Waals surface area contributed by atoms with Gasteiger partial charge in [-0.15, -0.1) is 0 Å². The second-order valence-electron chi connectivity index (χ2n) is 4.78. The van der Waals surface area contributed by atoms with Crippen LogP contribution in [0.1, 0.15) is 34.8 Å². The third-order valence-corrected chi connectivity index (χ3v) is 3.12. The maximum atomic E-state index is 12.6. The highest BCUT2D eigenvalue weighted by Crippen LogP contribution is 2.12. The summed E-state index contributed by atoms with van der Waals surface area (Å²) in [6.45, 7) is 3.23. The van der Waals surface area contributed by atoms with Crippen LogP contribution < -0.4 is 0 Å². The molecule has 2 rings (SSSR count). The molecule has 0 saturated carbocycles. The number of aromatic nitrogens is 1. The van der Waals surface area contributed by atoms with Crippen LogP contribution in [0, 0.1) is 11.3 Å². The van der Waals surface area contributed by atoms with Gasteiger partial charge in [-0.2, -0.15) is 5.26 Å². The van der Waals surface area contributed by atoms with E-state index in [-0.39, 0.29) is 5.91 Å². The zero-order valence-electron chi connectivity index (χ0n) is 12.0. The van der Waals surface area contributed by atoms with Crippen molar-refractivity contribution in [1.29, 1.82) is 5.26 Å². The van der Waals surface area contributed by atoms with Crippen molar-refractivity contribution in [2.45, 2.75) is 19.9 Å². The van der Waals surface area contributed by atoms with E-state index in [1.54, 1.807) is 41.6 Å². The van der Waals surface area contributed by atoms with Gasteiger partial charge in [0.1, 0.15) is 0 Å². The predicted octanol–water partition coefficient (Wildman–Crippen LogP) is 3.01. The Hall–Kier alpha value is -2.67. The molecule has 0 aliphatic carbocycles. The Kier molecular flexibility index (Phi) is 5.05. The monoisotopic (exact) mass is 279 g/mol. The number of carbonyl (C=O) groups excluding carboxylic acids is 1. The van der Waals surface area contributed by atoms with E-state index in [1.165, 1.54) is 0 Å². The molecule has 0 saturated heterocycles. The SMILES string of the molecule is CCCN(Cc1cccnc1)C(=O)c1cccc(C#N)c1. The molecule has 1 amide bonds. The summed E-state index contributed by atoms with van der Waals surface area (Å²) in [5.41, 5.74) is 2.04. The summed E-state index contributed by atoms with van der Waals surface area (Å²) in [4.78, 5) is 18.5. The van der Waals surface area contributed by atoms with E-state index in [2.05, 4.69) is 11.1 Å². The van der Waals surface area contributed by atoms with Crippen LogP contribution in [0.4, 0.5) is 0 Å². The maximum Gasteiger partial charge on any atom is 0.254 e. The van der Waals surface area contributed by atoms with Crippen LogP contribution in [0.2, 0.25) is 0 Å². The van der Waals surface area contributed by atoms with Crippen LogP contribution >= 0.6 is 0 Å². The van der Waals surface area contributed by atoms with Crippen molar-refractivity contribution in [2.75, 3.05) is 6.54 Å². The van der Waals surface area contributed by atoms with Gasteiger partial charge in [-0.3, -0.25) is 9.78 Å². The fraction of sp³-hybridized carbons (Fsp3) is 0.235. The molecule has 0 spiro atoms. The number of hydrogen-bond donors (Lipinski definition) is 0. The molecule has 0 aliphatic rings. The van der Waals surface area contributed by atoms with Crippen molar-refractivity contribution in [3.05, 3.63) is 65.5 Å². The van der Waals surface area contributed by atoms with E-state index < -0.39 is 0 Å². The van der Waals surface area contributed by atoms with E-state index in [4.69, 9.17) is 5.26 Å². The van der Waals surface area contributed by atoms with Crippen LogP contribution in [0.5, 0.6) is 0 Å². The molecule has 1 heterocycles. The molecule has 0 bridgehead atoms. The number of amides is 1. The summed E-state index contributed by atoms with van der Waals surface area (Å²) in [6.07, 6.45) is 4.36. The molecule has 4 heteroatoms. The first-order valence-corrected chi connectivity index (χ1v) is 6.93. The highest BCUT2D eigenvalue weighted by Gasteiger charge is 2.15. The van der Waals surface area contributed by atoms with Crippen molar-refractivity contribution >= 4 is 5.91 Å². The van der Waals surface area contributed by atoms with Gasteiger partial charge in [0.2, 0.25) is 0 Å². The fourth-order valence-electron chi connectivity index (χ4n) is 2.14. The Morgan fingerprint density at radius 2 is 2.19 bits per heavy atom. The normalized spacial score (nSPS) is 9.90. The van der Waals surface area contributed by atoms with Gasteiger partial charge in [0, 0.05) is 31.0 Å². The molecule has 0 radical (unpaired) electrons. The first-order chi connectivity index (χ1) is 10.2. The van der Waals surface area contributed by atoms with Gasteiger partial charge in [-0.1, -0.05) is 19.1 Å². The zero-order chi connectivity index (χ0) is 15.1. The third kappa shape index (κ3) is 3.90. The molecule has 0 fully saturated rings. The summed E-state index contributed by atoms with van der Waals surface area (Å²) >= 11 is 0. The zero-order valence-corrected chi connectivity index (χ0v) is 12.0. The Balaban J connectivity index is 2.21. The van der Waals surface area contributed by atoms with Gasteiger partial charge in [0.25, 0.3) is 5.91 Å². The van der Waals surface area contributed by atoms with Crippen molar-refractivity contribution in [1.82, 2.24) is 9.88 Å². The molecule has 2 aromatic rings. The van der Waals surface area contributed by atoms with Gasteiger partial charge in [-0.05, 0) is 36.2 Å². The van der Waals surface area contributed by atoms with Crippen molar-refractivity contribution < 1.29 is 4.79 Å². The number of benzene rings is 1. The molecule has 0 N–H and O–H groups in total. The Bertz CT molecular complexity index is 647. The first kappa shape index (κ1) is 14.7. The van der Waals surface area contributed by atoms with Crippen molar-refractivity contribution in [3.8, 4) is 6.07 Å². The van der Waals surface area contributed by atoms with E-state index in [9.17, 15) is 4.79 Å². The largest absolute Gasteiger partial charge is 0.334 e. The minimum atomic E-state index is -0.0576. The lowest BCUT2D eigenvalue weighted by Crippen LogP contribution is -2.31. The maximum absolute atomic E-state index is 12.6. The molecule has 0 atom stereocenters. The van der Waals surface area contributed by atoms with Crippen LogP contribution in [0.15, 0.2) is 48.8 Å². The fourth-order valence-corrected chi connectivity index (χ4v) is 2.14. The summed E-state index contributed by atoms with van der Waals surface area (Å²) in [5.74, 6) is -0.0576. The molecule has 0 aliphatic heterocycles. The van der Waals surface area contributed by atoms with Crippen LogP contribution in [-0.4, -0.2) is 22.3 Å². The van der Waals surface area contributed by atoms with Gasteiger partial charge in [0.05, 0.1) is 11.6 Å². The second kappa shape index (κ2) is 7.20. The summed E-state index contributed by atoms with van der Waals surface area (Å²) in [7, 11) is 0. The average molecular weight is 279 g/mol. The molecule has 106 valence electrons. The minimum absolute atomic E-state index is 0.0576. The predicted molar refractivity (Wildman–Crippen MR) is 80.4 cm³/mol. The number of nitriles is 1. The minimum Gasteiger partial charge on any atom is -0.334 e. The lowest BCUT2D eigenvalue weighted by molar-refractivity contribution is 0.0743. The summed E-state index contributed by atoms with van der Waals surface area (Å²) in [5, 5.41) is 8.94. The Morgan fingerprint density at radius 1 is 1.33 bits per heavy atom. The Labute approximate surface area is 124 Å². The lowest BCUT2D eigenvalue weighted by Gasteiger charge is -2.22. The standard InChI is InChI=1S/C17H17N3O/c1-2-9-20(13-15-6-4-8-19-12-15)17(21)16-7-3-5-14(10-16)11-18/h3-8,10,12H,2,9,13H2,1H3. The van der Waals surface area contributed by atoms with Gasteiger partial charge in [-0.25, -0.2) is 0 Å². The molecular formula is C17H17N3O. The third-order valence-electron chi connectivity index (χ3n) is 3.12. The molecular weight excluding hydrogens is 262 g/mol. The number of nitrogens with zero attached hydrogens (tertiary/aromatic N) is 3. The molecule has 21 heavy (non-hydrogen) atoms. The van der Waals surface area contributed by atoms with E-state index in [0.29, 0.717) is 24.2 Å². The number of rotatable bonds is 5. The molecule has 0 unspecified atom stereocenters. The van der Waals surface area contributed by atoms with E-state index in [1.807, 2.05) is 19.1 Å². The average Bonchev–Trinajstić information content (AvgIpc) is 2.55. The van der Waals surface area contributed by atoms with Gasteiger partial charge < -0.3 is 4.90 Å². The quantitative estimate of drug-likeness (QED) is 0.845. The Morgan fingerprint density at radius 3 is 2.86 bits per heavy atom. The van der Waals surface area contributed by atoms with E-state index in [0.717, 1.165) is 12.0 Å². The molecule has 1 aromatic heterocycles. The smallest absolute Gasteiger partial charge is 0.254 e. The van der Waals surface area contributed by atoms with Crippen molar-refractivity contribution in [3.63, 3.8) is 0 Å². The highest BCUT2D eigenvalue weighted by molar-refractivity contribution is 5.94. The first-order valence-electron chi connectivity index (χ1n) is 6.93. The second-order valence-corrected chi connectivity index (χ2v) is 4.78. The number of pyridine rings is 1. The van der Waals surface area contributed by atoms with Crippen LogP contribution in [0.3, 0.4) is 0 Å². The van der Waals surface area contributed by atoms with Crippen LogP contribution in [-0.2, 0) is 6.54 Å². The topological polar surface area (TPSA) is 57.0 Å². The molecule has 1 aromatic carbocycles. The highest BCUT2D eigenvalue weighted by atomic mass is 16.2. The van der Waals surface area contributed by atoms with Gasteiger partial charge >= 0.3 is 0 Å². The summed E-state index contributed by atoms with van der Waals surface area (Å²) < 4.78 is 0. The van der Waals surface area contributed by atoms with Gasteiger partial charge in [0.15, 0.2) is 0 Å². The van der Waals surface area contributed by atoms with Crippen LogP contribution in [0.25, 0.3) is 0 Å². The number of carbonyl (C=O) groups is 1. The van der Waals surface area contributed by atoms with E-state index >= 15 is 0 Å². The van der Waals surface area contributed by atoms with Crippen molar-refractivity contribution in [2.24, 2.45) is 0 Å². The lowest BCUT2D eigenvalue weighted by atomic mass is 10.1. The molecule has 4 nitrogen and oxygen atoms in total. The summed E-state index contributed by atoms with van der Waals surface area (Å²) in [6, 6.07) is 12.7.